The monoisotopic (exact) mass is 392 g/mol. The van der Waals surface area contributed by atoms with Crippen molar-refractivity contribution in [3.8, 4) is 0 Å². The van der Waals surface area contributed by atoms with E-state index >= 15 is 0 Å². The Labute approximate surface area is 143 Å². The molecule has 0 saturated carbocycles. The molecule has 13 heteroatoms. The number of hydrogen-bond acceptors (Lipinski definition) is 6. The Morgan fingerprint density at radius 2 is 2.04 bits per heavy atom. The smallest absolute Gasteiger partial charge is 0.408 e. The summed E-state index contributed by atoms with van der Waals surface area (Å²) < 4.78 is 49.1. The normalized spacial score (nSPS) is 20.2. The molecule has 25 heavy (non-hydrogen) atoms. The highest BCUT2D eigenvalue weighted by Crippen LogP contribution is 2.40. The third kappa shape index (κ3) is 5.51. The van der Waals surface area contributed by atoms with Gasteiger partial charge in [-0.05, 0) is 12.0 Å². The van der Waals surface area contributed by atoms with Crippen molar-refractivity contribution in [1.82, 2.24) is 14.5 Å². The Morgan fingerprint density at radius 3 is 2.64 bits per heavy atom. The van der Waals surface area contributed by atoms with E-state index in [1.54, 1.807) is 30.3 Å². The van der Waals surface area contributed by atoms with Crippen molar-refractivity contribution in [2.45, 2.75) is 19.1 Å². The van der Waals surface area contributed by atoms with Crippen LogP contribution >= 0.6 is 7.59 Å². The van der Waals surface area contributed by atoms with E-state index in [1.807, 2.05) is 0 Å². The van der Waals surface area contributed by atoms with E-state index in [-0.39, 0.29) is 19.6 Å². The second-order valence-electron chi connectivity index (χ2n) is 5.20. The second kappa shape index (κ2) is 7.50. The molecule has 1 aromatic rings. The van der Waals surface area contributed by atoms with E-state index in [0.29, 0.717) is 4.67 Å². The molecule has 0 aromatic heterocycles. The summed E-state index contributed by atoms with van der Waals surface area (Å²) in [6.07, 6.45) is -0.813. The molecule has 5 N–H and O–H groups in total. The first kappa shape index (κ1) is 19.3. The summed E-state index contributed by atoms with van der Waals surface area (Å²) in [5.41, 5.74) is 6.04. The minimum Gasteiger partial charge on any atom is -0.445 e. The van der Waals surface area contributed by atoms with Crippen molar-refractivity contribution in [3.63, 3.8) is 0 Å². The minimum absolute atomic E-state index is 0.00298. The second-order valence-corrected chi connectivity index (χ2v) is 8.61. The maximum Gasteiger partial charge on any atom is 0.408 e. The number of nitrogens with two attached hydrogens (primary N) is 1. The van der Waals surface area contributed by atoms with Gasteiger partial charge in [0.2, 0.25) is 0 Å². The van der Waals surface area contributed by atoms with Gasteiger partial charge >= 0.3 is 24.0 Å². The molecule has 1 heterocycles. The highest BCUT2D eigenvalue weighted by Gasteiger charge is 2.43. The van der Waals surface area contributed by atoms with Crippen molar-refractivity contribution < 1.29 is 31.9 Å². The molecule has 1 aliphatic rings. The van der Waals surface area contributed by atoms with Gasteiger partial charge in [-0.1, -0.05) is 30.3 Å². The Hall–Kier alpha value is -1.98. The molecule has 11 nitrogen and oxygen atoms in total. The standard InChI is InChI=1S/C12H17N4O7PS/c13-24(19,15-25(20,21)22)16-7-6-10(11(16)17)14-12(18)23-8-9-4-2-1-3-5-9/h1-5,10H,6-8H2,(H,14,18)(H3,13,15,19)(H,20,21,22)/t10-,24+/m0/s1. The first-order chi connectivity index (χ1) is 11.6. The first-order valence-corrected chi connectivity index (χ1v) is 10.2. The van der Waals surface area contributed by atoms with E-state index in [0.717, 1.165) is 5.56 Å². The lowest BCUT2D eigenvalue weighted by Gasteiger charge is -2.23. The lowest BCUT2D eigenvalue weighted by atomic mass is 10.2. The number of amides is 2. The molecule has 138 valence electrons. The van der Waals surface area contributed by atoms with Crippen LogP contribution in [0.4, 0.5) is 4.79 Å². The molecule has 1 fully saturated rings. The summed E-state index contributed by atoms with van der Waals surface area (Å²) in [4.78, 5) is 23.9. The van der Waals surface area contributed by atoms with Crippen molar-refractivity contribution in [1.29, 1.82) is 0 Å². The summed E-state index contributed by atoms with van der Waals surface area (Å²) in [6, 6.07) is 7.79. The Bertz CT molecular complexity index is 801. The van der Waals surface area contributed by atoms with Gasteiger partial charge in [0.15, 0.2) is 0 Å². The van der Waals surface area contributed by atoms with Crippen molar-refractivity contribution >= 4 is 29.9 Å². The highest BCUT2D eigenvalue weighted by atomic mass is 32.2. The van der Waals surface area contributed by atoms with Crippen LogP contribution in [0, 0.1) is 0 Å². The summed E-state index contributed by atoms with van der Waals surface area (Å²) in [6.45, 7) is -0.171. The molecule has 1 aliphatic heterocycles. The topological polar surface area (TPSA) is 168 Å². The zero-order valence-corrected chi connectivity index (χ0v) is 14.6. The van der Waals surface area contributed by atoms with Crippen LogP contribution in [-0.2, 0) is 31.0 Å². The molecule has 0 spiro atoms. The molecule has 0 unspecified atom stereocenters. The third-order valence-corrected chi connectivity index (χ3v) is 6.38. The number of carbonyl (C=O) groups excluding carboxylic acids is 2. The third-order valence-electron chi connectivity index (χ3n) is 3.29. The van der Waals surface area contributed by atoms with E-state index < -0.39 is 35.9 Å². The average Bonchev–Trinajstić information content (AvgIpc) is 2.86. The van der Waals surface area contributed by atoms with Crippen LogP contribution in [0.1, 0.15) is 12.0 Å². The van der Waals surface area contributed by atoms with Crippen molar-refractivity contribution in [3.05, 3.63) is 35.9 Å². The van der Waals surface area contributed by atoms with Crippen molar-refractivity contribution in [2.75, 3.05) is 6.54 Å². The minimum atomic E-state index is -4.87. The van der Waals surface area contributed by atoms with E-state index in [1.165, 1.54) is 4.49 Å². The number of carbonyl (C=O) groups is 2. The summed E-state index contributed by atoms with van der Waals surface area (Å²) in [5.74, 6) is -0.848. The molecular weight excluding hydrogens is 375 g/mol. The van der Waals surface area contributed by atoms with Gasteiger partial charge in [0.1, 0.15) is 12.6 Å². The number of benzene rings is 1. The fourth-order valence-electron chi connectivity index (χ4n) is 2.22. The number of rotatable bonds is 6. The van der Waals surface area contributed by atoms with Gasteiger partial charge in [0.25, 0.3) is 5.91 Å². The van der Waals surface area contributed by atoms with Gasteiger partial charge in [0.05, 0.1) is 0 Å². The van der Waals surface area contributed by atoms with E-state index in [2.05, 4.69) is 5.32 Å². The predicted octanol–water partition coefficient (Wildman–Crippen LogP) is -0.0271. The summed E-state index contributed by atoms with van der Waals surface area (Å²) in [7, 11) is -9.22. The predicted molar refractivity (Wildman–Crippen MR) is 86.4 cm³/mol. The van der Waals surface area contributed by atoms with Gasteiger partial charge < -0.3 is 10.1 Å². The molecular formula is C12H17N4O7PS. The number of nitrogens with zero attached hydrogens (tertiary/aromatic N) is 1. The Kier molecular flexibility index (Phi) is 5.80. The van der Waals surface area contributed by atoms with E-state index in [4.69, 9.17) is 14.8 Å². The molecule has 2 rings (SSSR count). The maximum absolute atomic E-state index is 12.1. The molecule has 1 aromatic carbocycles. The lowest BCUT2D eigenvalue weighted by molar-refractivity contribution is -0.125. The molecule has 2 atom stereocenters. The van der Waals surface area contributed by atoms with Gasteiger partial charge in [-0.25, -0.2) is 4.79 Å². The largest absolute Gasteiger partial charge is 0.445 e. The molecule has 0 aliphatic carbocycles. The zero-order valence-electron chi connectivity index (χ0n) is 12.9. The zero-order chi connectivity index (χ0) is 18.7. The number of nitrogens with one attached hydrogen (secondary N) is 2. The summed E-state index contributed by atoms with van der Waals surface area (Å²) >= 11 is 0. The van der Waals surface area contributed by atoms with Crippen LogP contribution in [0.3, 0.4) is 0 Å². The van der Waals surface area contributed by atoms with Crippen LogP contribution in [0.5, 0.6) is 0 Å². The van der Waals surface area contributed by atoms with Gasteiger partial charge in [-0.2, -0.15) is 8.42 Å². The van der Waals surface area contributed by atoms with Crippen LogP contribution in [0.15, 0.2) is 30.3 Å². The first-order valence-electron chi connectivity index (χ1n) is 7.03. The van der Waals surface area contributed by atoms with Crippen molar-refractivity contribution in [2.24, 2.45) is 5.50 Å². The quantitative estimate of drug-likeness (QED) is 0.387. The summed E-state index contributed by atoms with van der Waals surface area (Å²) in [5, 5.41) is 2.30. The fourth-order valence-corrected chi connectivity index (χ4v) is 4.78. The fraction of sp³-hybridized carbons (Fsp3) is 0.333. The highest BCUT2D eigenvalue weighted by molar-refractivity contribution is 7.90. The molecule has 0 bridgehead atoms. The van der Waals surface area contributed by atoms with E-state index in [9.17, 15) is 22.6 Å². The van der Waals surface area contributed by atoms with Gasteiger partial charge in [-0.3, -0.25) is 24.1 Å². The number of alkyl carbamates (subject to hydrolysis) is 1. The Balaban J connectivity index is 1.91. The SMILES string of the molecule is N[P@@](=O)(NS(=O)(=O)O)N1CC[C@H](NC(=O)OCc2ccccc2)C1=O. The number of ether oxygens (including phenoxy) is 1. The van der Waals surface area contributed by atoms with Gasteiger partial charge in [0, 0.05) is 6.54 Å². The molecule has 2 amide bonds. The van der Waals surface area contributed by atoms with Gasteiger partial charge in [-0.15, -0.1) is 4.49 Å². The molecule has 0 radical (unpaired) electrons. The average molecular weight is 392 g/mol. The van der Waals surface area contributed by atoms with Crippen LogP contribution in [-0.4, -0.2) is 42.2 Å². The Morgan fingerprint density at radius 1 is 1.40 bits per heavy atom. The lowest BCUT2D eigenvalue weighted by Crippen LogP contribution is -2.43. The van der Waals surface area contributed by atoms with Crippen LogP contribution < -0.4 is 15.3 Å². The maximum atomic E-state index is 12.1. The van der Waals surface area contributed by atoms with Crippen LogP contribution in [0.2, 0.25) is 0 Å². The number of hydrogen-bond donors (Lipinski definition) is 4. The van der Waals surface area contributed by atoms with Crippen LogP contribution in [0.25, 0.3) is 0 Å². The molecule has 1 saturated heterocycles.